The van der Waals surface area contributed by atoms with Crippen molar-refractivity contribution in [2.45, 2.75) is 18.9 Å². The van der Waals surface area contributed by atoms with Crippen LogP contribution in [0.25, 0.3) is 21.5 Å². The van der Waals surface area contributed by atoms with Gasteiger partial charge in [0.1, 0.15) is 6.04 Å². The van der Waals surface area contributed by atoms with Gasteiger partial charge >= 0.3 is 5.97 Å². The third-order valence-electron chi connectivity index (χ3n) is 5.12. The van der Waals surface area contributed by atoms with Crippen molar-refractivity contribution in [3.8, 4) is 0 Å². The predicted octanol–water partition coefficient (Wildman–Crippen LogP) is 4.35. The number of hydrogen-bond acceptors (Lipinski definition) is 2. The number of rotatable bonds is 6. The van der Waals surface area contributed by atoms with Gasteiger partial charge in [-0.3, -0.25) is 4.79 Å². The maximum absolute atomic E-state index is 12.5. The molecule has 144 valence electrons. The Labute approximate surface area is 168 Å². The zero-order valence-electron chi connectivity index (χ0n) is 15.8. The summed E-state index contributed by atoms with van der Waals surface area (Å²) in [5.41, 5.74) is 1.76. The lowest BCUT2D eigenvalue weighted by atomic mass is 9.98. The number of carbonyl (C=O) groups is 2. The maximum Gasteiger partial charge on any atom is 0.326 e. The summed E-state index contributed by atoms with van der Waals surface area (Å²) in [5.74, 6) is -1.34. The molecule has 0 bridgehead atoms. The zero-order valence-corrected chi connectivity index (χ0v) is 15.8. The first kappa shape index (κ1) is 18.7. The van der Waals surface area contributed by atoms with E-state index in [2.05, 4.69) is 5.32 Å². The number of fused-ring (bicyclic) bond motifs is 2. The highest BCUT2D eigenvalue weighted by molar-refractivity contribution is 5.89. The van der Waals surface area contributed by atoms with E-state index in [1.165, 1.54) is 0 Å². The molecule has 0 saturated heterocycles. The van der Waals surface area contributed by atoms with E-state index in [4.69, 9.17) is 0 Å². The van der Waals surface area contributed by atoms with Gasteiger partial charge in [0.15, 0.2) is 0 Å². The number of carboxylic acid groups (broad SMARTS) is 1. The quantitative estimate of drug-likeness (QED) is 0.520. The number of aliphatic carboxylic acids is 1. The topological polar surface area (TPSA) is 66.4 Å². The van der Waals surface area contributed by atoms with Crippen molar-refractivity contribution in [3.05, 3.63) is 96.1 Å². The van der Waals surface area contributed by atoms with Crippen LogP contribution in [0.4, 0.5) is 0 Å². The molecule has 1 atom stereocenters. The van der Waals surface area contributed by atoms with E-state index < -0.39 is 12.0 Å². The summed E-state index contributed by atoms with van der Waals surface area (Å²) in [5, 5.41) is 16.6. The first-order valence-electron chi connectivity index (χ1n) is 9.56. The fraction of sp³-hybridized carbons (Fsp3) is 0.120. The first-order chi connectivity index (χ1) is 14.1. The SMILES string of the molecule is O=C(Cc1ccc2ccccc2c1)N[C@H](Cc1cccc2ccccc12)C(=O)O. The summed E-state index contributed by atoms with van der Waals surface area (Å²) in [6.45, 7) is 0. The highest BCUT2D eigenvalue weighted by Crippen LogP contribution is 2.20. The molecule has 0 unspecified atom stereocenters. The Kier molecular flexibility index (Phi) is 5.25. The number of hydrogen-bond donors (Lipinski definition) is 2. The Morgan fingerprint density at radius 2 is 1.48 bits per heavy atom. The van der Waals surface area contributed by atoms with Crippen LogP contribution in [0.2, 0.25) is 0 Å². The highest BCUT2D eigenvalue weighted by Gasteiger charge is 2.21. The van der Waals surface area contributed by atoms with Gasteiger partial charge in [-0.05, 0) is 32.7 Å². The number of carboxylic acids is 1. The molecule has 0 aliphatic heterocycles. The van der Waals surface area contributed by atoms with E-state index >= 15 is 0 Å². The van der Waals surface area contributed by atoms with Crippen LogP contribution in [0.1, 0.15) is 11.1 Å². The smallest absolute Gasteiger partial charge is 0.326 e. The molecule has 0 aliphatic carbocycles. The molecule has 0 fully saturated rings. The number of amides is 1. The van der Waals surface area contributed by atoms with Gasteiger partial charge in [0.2, 0.25) is 5.91 Å². The lowest BCUT2D eigenvalue weighted by Gasteiger charge is -2.16. The van der Waals surface area contributed by atoms with Crippen molar-refractivity contribution >= 4 is 33.4 Å². The molecule has 0 aromatic heterocycles. The van der Waals surface area contributed by atoms with Crippen molar-refractivity contribution in [3.63, 3.8) is 0 Å². The molecule has 4 aromatic carbocycles. The molecular weight excluding hydrogens is 362 g/mol. The standard InChI is InChI=1S/C25H21NO3/c27-24(15-17-12-13-18-6-1-2-8-20(18)14-17)26-23(25(28)29)16-21-10-5-9-19-7-3-4-11-22(19)21/h1-14,23H,15-16H2,(H,26,27)(H,28,29)/t23-/m1/s1. The third kappa shape index (κ3) is 4.27. The summed E-state index contributed by atoms with van der Waals surface area (Å²) in [7, 11) is 0. The lowest BCUT2D eigenvalue weighted by Crippen LogP contribution is -2.43. The van der Waals surface area contributed by atoms with Gasteiger partial charge in [-0.15, -0.1) is 0 Å². The molecule has 4 aromatic rings. The molecule has 1 amide bonds. The number of benzene rings is 4. The van der Waals surface area contributed by atoms with Crippen molar-refractivity contribution in [1.29, 1.82) is 0 Å². The average molecular weight is 383 g/mol. The Balaban J connectivity index is 1.50. The Hall–Kier alpha value is -3.66. The Morgan fingerprint density at radius 1 is 0.793 bits per heavy atom. The molecule has 4 heteroatoms. The summed E-state index contributed by atoms with van der Waals surface area (Å²) >= 11 is 0. The van der Waals surface area contributed by atoms with Crippen LogP contribution in [-0.4, -0.2) is 23.0 Å². The molecular formula is C25H21NO3. The van der Waals surface area contributed by atoms with Crippen LogP contribution >= 0.6 is 0 Å². The van der Waals surface area contributed by atoms with Crippen LogP contribution in [0, 0.1) is 0 Å². The molecule has 0 aliphatic rings. The maximum atomic E-state index is 12.5. The van der Waals surface area contributed by atoms with E-state index in [0.717, 1.165) is 32.7 Å². The number of carbonyl (C=O) groups excluding carboxylic acids is 1. The van der Waals surface area contributed by atoms with Gasteiger partial charge in [0.05, 0.1) is 6.42 Å². The monoisotopic (exact) mass is 383 g/mol. The Morgan fingerprint density at radius 3 is 2.28 bits per heavy atom. The third-order valence-corrected chi connectivity index (χ3v) is 5.12. The summed E-state index contributed by atoms with van der Waals surface area (Å²) < 4.78 is 0. The summed E-state index contributed by atoms with van der Waals surface area (Å²) in [6, 6.07) is 26.5. The molecule has 2 N–H and O–H groups in total. The highest BCUT2D eigenvalue weighted by atomic mass is 16.4. The van der Waals surface area contributed by atoms with E-state index in [9.17, 15) is 14.7 Å². The normalized spacial score (nSPS) is 12.0. The van der Waals surface area contributed by atoms with E-state index in [1.54, 1.807) is 0 Å². The zero-order chi connectivity index (χ0) is 20.2. The molecule has 0 radical (unpaired) electrons. The Bertz CT molecular complexity index is 1190. The van der Waals surface area contributed by atoms with Crippen LogP contribution in [0.15, 0.2) is 84.9 Å². The molecule has 4 nitrogen and oxygen atoms in total. The van der Waals surface area contributed by atoms with Crippen LogP contribution in [-0.2, 0) is 22.4 Å². The summed E-state index contributed by atoms with van der Waals surface area (Å²) in [4.78, 5) is 24.3. The second-order valence-electron chi connectivity index (χ2n) is 7.16. The molecule has 0 heterocycles. The van der Waals surface area contributed by atoms with E-state index in [1.807, 2.05) is 84.9 Å². The van der Waals surface area contributed by atoms with Crippen molar-refractivity contribution in [1.82, 2.24) is 5.32 Å². The van der Waals surface area contributed by atoms with Crippen LogP contribution < -0.4 is 5.32 Å². The van der Waals surface area contributed by atoms with E-state index in [-0.39, 0.29) is 18.7 Å². The molecule has 4 rings (SSSR count). The van der Waals surface area contributed by atoms with Crippen LogP contribution in [0.3, 0.4) is 0 Å². The number of nitrogens with one attached hydrogen (secondary N) is 1. The van der Waals surface area contributed by atoms with Crippen molar-refractivity contribution < 1.29 is 14.7 Å². The first-order valence-corrected chi connectivity index (χ1v) is 9.56. The van der Waals surface area contributed by atoms with Crippen molar-refractivity contribution in [2.75, 3.05) is 0 Å². The molecule has 29 heavy (non-hydrogen) atoms. The van der Waals surface area contributed by atoms with Crippen molar-refractivity contribution in [2.24, 2.45) is 0 Å². The largest absolute Gasteiger partial charge is 0.480 e. The van der Waals surface area contributed by atoms with Gasteiger partial charge in [0, 0.05) is 6.42 Å². The van der Waals surface area contributed by atoms with Gasteiger partial charge in [-0.1, -0.05) is 84.9 Å². The second kappa shape index (κ2) is 8.15. The van der Waals surface area contributed by atoms with Gasteiger partial charge in [-0.2, -0.15) is 0 Å². The minimum absolute atomic E-state index is 0.143. The van der Waals surface area contributed by atoms with Gasteiger partial charge in [-0.25, -0.2) is 4.79 Å². The molecule has 0 saturated carbocycles. The van der Waals surface area contributed by atoms with E-state index in [0.29, 0.717) is 0 Å². The van der Waals surface area contributed by atoms with Gasteiger partial charge < -0.3 is 10.4 Å². The minimum atomic E-state index is -1.04. The predicted molar refractivity (Wildman–Crippen MR) is 115 cm³/mol. The molecule has 0 spiro atoms. The average Bonchev–Trinajstić information content (AvgIpc) is 2.73. The van der Waals surface area contributed by atoms with Crippen LogP contribution in [0.5, 0.6) is 0 Å². The minimum Gasteiger partial charge on any atom is -0.480 e. The summed E-state index contributed by atoms with van der Waals surface area (Å²) in [6.07, 6.45) is 0.379. The lowest BCUT2D eigenvalue weighted by molar-refractivity contribution is -0.141. The second-order valence-corrected chi connectivity index (χ2v) is 7.16. The van der Waals surface area contributed by atoms with Gasteiger partial charge in [0.25, 0.3) is 0 Å². The fourth-order valence-corrected chi connectivity index (χ4v) is 3.67. The fourth-order valence-electron chi connectivity index (χ4n) is 3.67.